The third-order valence-electron chi connectivity index (χ3n) is 3.19. The van der Waals surface area contributed by atoms with Gasteiger partial charge in [-0.25, -0.2) is 0 Å². The van der Waals surface area contributed by atoms with E-state index in [-0.39, 0.29) is 17.2 Å². The van der Waals surface area contributed by atoms with Crippen molar-refractivity contribution in [3.63, 3.8) is 0 Å². The van der Waals surface area contributed by atoms with Gasteiger partial charge in [0.1, 0.15) is 5.75 Å². The zero-order valence-corrected chi connectivity index (χ0v) is 12.6. The predicted molar refractivity (Wildman–Crippen MR) is 87.7 cm³/mol. The van der Waals surface area contributed by atoms with E-state index in [4.69, 9.17) is 0 Å². The molecule has 0 saturated heterocycles. The van der Waals surface area contributed by atoms with Gasteiger partial charge in [0.25, 0.3) is 5.91 Å². The zero-order chi connectivity index (χ0) is 14.8. The number of phenols is 1. The summed E-state index contributed by atoms with van der Waals surface area (Å²) in [7, 11) is 0. The number of nitrogens with one attached hydrogen (secondary N) is 1. The molecule has 0 saturated carbocycles. The van der Waals surface area contributed by atoms with Crippen molar-refractivity contribution in [3.8, 4) is 5.75 Å². The number of hydrogen-bond acceptors (Lipinski definition) is 2. The predicted octanol–water partition coefficient (Wildman–Crippen LogP) is 4.56. The highest BCUT2D eigenvalue weighted by atomic mass is 79.9. The Morgan fingerprint density at radius 3 is 2.48 bits per heavy atom. The van der Waals surface area contributed by atoms with E-state index >= 15 is 0 Å². The molecule has 3 rings (SSSR count). The van der Waals surface area contributed by atoms with Gasteiger partial charge in [-0.15, -0.1) is 0 Å². The number of aromatic hydroxyl groups is 1. The summed E-state index contributed by atoms with van der Waals surface area (Å²) in [5.41, 5.74) is 0.945. The highest BCUT2D eigenvalue weighted by molar-refractivity contribution is 9.10. The van der Waals surface area contributed by atoms with E-state index in [0.717, 1.165) is 15.2 Å². The Balaban J connectivity index is 1.99. The number of rotatable bonds is 2. The number of fused-ring (bicyclic) bond motifs is 1. The number of carbonyl (C=O) groups excluding carboxylic acids is 1. The molecule has 0 aliphatic carbocycles. The molecule has 0 spiro atoms. The molecule has 0 atom stereocenters. The van der Waals surface area contributed by atoms with E-state index in [2.05, 4.69) is 21.2 Å². The van der Waals surface area contributed by atoms with Crippen LogP contribution in [0, 0.1) is 0 Å². The molecular formula is C17H12BrNO2. The molecule has 0 unspecified atom stereocenters. The van der Waals surface area contributed by atoms with Gasteiger partial charge in [0.15, 0.2) is 0 Å². The van der Waals surface area contributed by atoms with Crippen LogP contribution in [0.15, 0.2) is 65.1 Å². The Kier molecular flexibility index (Phi) is 3.62. The van der Waals surface area contributed by atoms with Crippen LogP contribution in [0.4, 0.5) is 5.69 Å². The Hall–Kier alpha value is -2.33. The standard InChI is InChI=1S/C17H12BrNO2/c18-13-7-6-11-10-16(20)15(9-12(11)8-13)17(21)19-14-4-2-1-3-5-14/h1-10,20H,(H,19,21). The number of amides is 1. The number of anilines is 1. The number of hydrogen-bond donors (Lipinski definition) is 2. The number of benzene rings is 3. The van der Waals surface area contributed by atoms with Crippen molar-refractivity contribution < 1.29 is 9.90 Å². The Morgan fingerprint density at radius 1 is 0.952 bits per heavy atom. The third-order valence-corrected chi connectivity index (χ3v) is 3.69. The van der Waals surface area contributed by atoms with Crippen LogP contribution in [0.2, 0.25) is 0 Å². The first-order valence-electron chi connectivity index (χ1n) is 6.42. The normalized spacial score (nSPS) is 10.5. The molecule has 0 aliphatic rings. The van der Waals surface area contributed by atoms with Gasteiger partial charge in [-0.05, 0) is 47.2 Å². The summed E-state index contributed by atoms with van der Waals surface area (Å²) in [6.45, 7) is 0. The topological polar surface area (TPSA) is 49.3 Å². The maximum Gasteiger partial charge on any atom is 0.259 e. The molecule has 3 aromatic rings. The molecule has 0 aromatic heterocycles. The monoisotopic (exact) mass is 341 g/mol. The number of carbonyl (C=O) groups is 1. The molecule has 3 nitrogen and oxygen atoms in total. The Labute approximate surface area is 130 Å². The molecule has 104 valence electrons. The van der Waals surface area contributed by atoms with Crippen molar-refractivity contribution >= 4 is 38.3 Å². The smallest absolute Gasteiger partial charge is 0.259 e. The summed E-state index contributed by atoms with van der Waals surface area (Å²) in [5.74, 6) is -0.362. The lowest BCUT2D eigenvalue weighted by Crippen LogP contribution is -2.11. The van der Waals surface area contributed by atoms with Crippen molar-refractivity contribution in [3.05, 3.63) is 70.7 Å². The van der Waals surface area contributed by atoms with Gasteiger partial charge in [-0.2, -0.15) is 0 Å². The quantitative estimate of drug-likeness (QED) is 0.717. The molecule has 0 heterocycles. The van der Waals surface area contributed by atoms with Gasteiger partial charge in [0.05, 0.1) is 5.56 Å². The highest BCUT2D eigenvalue weighted by Gasteiger charge is 2.12. The van der Waals surface area contributed by atoms with Crippen LogP contribution in [-0.2, 0) is 0 Å². The van der Waals surface area contributed by atoms with Gasteiger partial charge in [0, 0.05) is 10.2 Å². The fourth-order valence-corrected chi connectivity index (χ4v) is 2.54. The van der Waals surface area contributed by atoms with Crippen LogP contribution >= 0.6 is 15.9 Å². The van der Waals surface area contributed by atoms with Gasteiger partial charge in [0.2, 0.25) is 0 Å². The lowest BCUT2D eigenvalue weighted by Gasteiger charge is -2.08. The fraction of sp³-hybridized carbons (Fsp3) is 0. The summed E-state index contributed by atoms with van der Waals surface area (Å²) < 4.78 is 0.926. The van der Waals surface area contributed by atoms with Crippen molar-refractivity contribution in [1.82, 2.24) is 0 Å². The molecule has 0 bridgehead atoms. The van der Waals surface area contributed by atoms with Crippen LogP contribution in [0.3, 0.4) is 0 Å². The molecule has 0 aliphatic heterocycles. The SMILES string of the molecule is O=C(Nc1ccccc1)c1cc2cc(Br)ccc2cc1O. The molecule has 3 aromatic carbocycles. The molecule has 1 amide bonds. The summed E-state index contributed by atoms with van der Waals surface area (Å²) in [6, 6.07) is 18.1. The van der Waals surface area contributed by atoms with Crippen LogP contribution in [0.1, 0.15) is 10.4 Å². The maximum absolute atomic E-state index is 12.3. The minimum absolute atomic E-state index is 0.0294. The average molecular weight is 342 g/mol. The first-order chi connectivity index (χ1) is 10.1. The van der Waals surface area contributed by atoms with Gasteiger partial charge >= 0.3 is 0 Å². The van der Waals surface area contributed by atoms with E-state index < -0.39 is 0 Å². The number of para-hydroxylation sites is 1. The first kappa shape index (κ1) is 13.6. The maximum atomic E-state index is 12.3. The molecule has 0 fully saturated rings. The van der Waals surface area contributed by atoms with Crippen molar-refractivity contribution in [1.29, 1.82) is 0 Å². The van der Waals surface area contributed by atoms with Crippen LogP contribution in [0.5, 0.6) is 5.75 Å². The van der Waals surface area contributed by atoms with Gasteiger partial charge in [-0.3, -0.25) is 4.79 Å². The summed E-state index contributed by atoms with van der Waals surface area (Å²) in [5, 5.41) is 14.6. The molecule has 21 heavy (non-hydrogen) atoms. The molecule has 4 heteroatoms. The van der Waals surface area contributed by atoms with Crippen molar-refractivity contribution in [2.75, 3.05) is 5.32 Å². The second-order valence-electron chi connectivity index (χ2n) is 4.68. The van der Waals surface area contributed by atoms with E-state index in [1.165, 1.54) is 0 Å². The van der Waals surface area contributed by atoms with Crippen LogP contribution in [0.25, 0.3) is 10.8 Å². The largest absolute Gasteiger partial charge is 0.507 e. The number of phenolic OH excluding ortho intramolecular Hbond substituents is 1. The van der Waals surface area contributed by atoms with Crippen LogP contribution in [-0.4, -0.2) is 11.0 Å². The fourth-order valence-electron chi connectivity index (χ4n) is 2.16. The number of halogens is 1. The van der Waals surface area contributed by atoms with Crippen LogP contribution < -0.4 is 5.32 Å². The summed E-state index contributed by atoms with van der Waals surface area (Å²) in [6.07, 6.45) is 0. The minimum atomic E-state index is -0.333. The highest BCUT2D eigenvalue weighted by Crippen LogP contribution is 2.28. The van der Waals surface area contributed by atoms with E-state index in [1.807, 2.05) is 36.4 Å². The average Bonchev–Trinajstić information content (AvgIpc) is 2.48. The Bertz CT molecular complexity index is 816. The Morgan fingerprint density at radius 2 is 1.71 bits per heavy atom. The van der Waals surface area contributed by atoms with Gasteiger partial charge < -0.3 is 10.4 Å². The lowest BCUT2D eigenvalue weighted by molar-refractivity contribution is 0.102. The van der Waals surface area contributed by atoms with Crippen molar-refractivity contribution in [2.45, 2.75) is 0 Å². The lowest BCUT2D eigenvalue weighted by atomic mass is 10.1. The molecule has 0 radical (unpaired) electrons. The molecular weight excluding hydrogens is 330 g/mol. The third kappa shape index (κ3) is 2.90. The summed E-state index contributed by atoms with van der Waals surface area (Å²) in [4.78, 5) is 12.3. The zero-order valence-electron chi connectivity index (χ0n) is 11.0. The van der Waals surface area contributed by atoms with Crippen molar-refractivity contribution in [2.24, 2.45) is 0 Å². The van der Waals surface area contributed by atoms with Gasteiger partial charge in [-0.1, -0.05) is 40.2 Å². The molecule has 2 N–H and O–H groups in total. The van der Waals surface area contributed by atoms with E-state index in [9.17, 15) is 9.90 Å². The summed E-state index contributed by atoms with van der Waals surface area (Å²) >= 11 is 3.40. The van der Waals surface area contributed by atoms with E-state index in [0.29, 0.717) is 5.69 Å². The first-order valence-corrected chi connectivity index (χ1v) is 7.21. The minimum Gasteiger partial charge on any atom is -0.507 e. The second-order valence-corrected chi connectivity index (χ2v) is 5.60. The second kappa shape index (κ2) is 5.58. The van der Waals surface area contributed by atoms with E-state index in [1.54, 1.807) is 24.3 Å².